The lowest BCUT2D eigenvalue weighted by atomic mass is 10.1. The van der Waals surface area contributed by atoms with Crippen molar-refractivity contribution in [2.24, 2.45) is 5.92 Å². The van der Waals surface area contributed by atoms with Crippen LogP contribution in [0.3, 0.4) is 0 Å². The minimum atomic E-state index is -0.466. The summed E-state index contributed by atoms with van der Waals surface area (Å²) in [6.07, 6.45) is 3.29. The zero-order valence-corrected chi connectivity index (χ0v) is 10.8. The van der Waals surface area contributed by atoms with Crippen molar-refractivity contribution in [3.05, 3.63) is 29.6 Å². The predicted molar refractivity (Wildman–Crippen MR) is 71.3 cm³/mol. The highest BCUT2D eigenvalue weighted by Crippen LogP contribution is 2.28. The minimum absolute atomic E-state index is 0.180. The summed E-state index contributed by atoms with van der Waals surface area (Å²) in [6.45, 7) is 1.96. The van der Waals surface area contributed by atoms with Crippen molar-refractivity contribution in [1.29, 1.82) is 0 Å². The molecule has 0 atom stereocenters. The van der Waals surface area contributed by atoms with E-state index in [1.807, 2.05) is 0 Å². The van der Waals surface area contributed by atoms with Crippen molar-refractivity contribution in [2.75, 3.05) is 25.5 Å². The molecule has 0 unspecified atom stereocenters. The van der Waals surface area contributed by atoms with E-state index in [9.17, 15) is 9.18 Å². The van der Waals surface area contributed by atoms with E-state index in [1.54, 1.807) is 0 Å². The lowest BCUT2D eigenvalue weighted by molar-refractivity contribution is 0.0938. The number of anilines is 1. The van der Waals surface area contributed by atoms with Gasteiger partial charge in [-0.15, -0.1) is 0 Å². The number of hydrogen-bond donors (Lipinski definition) is 2. The van der Waals surface area contributed by atoms with Crippen LogP contribution in [0.2, 0.25) is 0 Å². The Bertz CT molecular complexity index is 447. The Morgan fingerprint density at radius 2 is 2.26 bits per heavy atom. The van der Waals surface area contributed by atoms with Gasteiger partial charge < -0.3 is 15.8 Å². The summed E-state index contributed by atoms with van der Waals surface area (Å²) in [5, 5.41) is 2.71. The molecule has 1 aliphatic carbocycles. The van der Waals surface area contributed by atoms with Gasteiger partial charge in [-0.1, -0.05) is 0 Å². The molecule has 0 spiro atoms. The third-order valence-corrected chi connectivity index (χ3v) is 3.06. The molecule has 2 rings (SSSR count). The van der Waals surface area contributed by atoms with Gasteiger partial charge in [-0.3, -0.25) is 4.79 Å². The highest BCUT2D eigenvalue weighted by Gasteiger charge is 2.20. The van der Waals surface area contributed by atoms with Crippen molar-refractivity contribution >= 4 is 11.6 Å². The summed E-state index contributed by atoms with van der Waals surface area (Å²) in [5.41, 5.74) is 6.09. The van der Waals surface area contributed by atoms with Crippen molar-refractivity contribution < 1.29 is 13.9 Å². The Hall–Kier alpha value is -1.62. The fraction of sp³-hybridized carbons (Fsp3) is 0.500. The van der Waals surface area contributed by atoms with Crippen LogP contribution in [0.5, 0.6) is 0 Å². The molecule has 19 heavy (non-hydrogen) atoms. The van der Waals surface area contributed by atoms with Crippen LogP contribution in [0, 0.1) is 11.7 Å². The molecule has 0 radical (unpaired) electrons. The van der Waals surface area contributed by atoms with E-state index in [0.717, 1.165) is 25.0 Å². The van der Waals surface area contributed by atoms with Gasteiger partial charge in [0.05, 0.1) is 5.56 Å². The van der Waals surface area contributed by atoms with Gasteiger partial charge in [-0.05, 0) is 43.4 Å². The largest absolute Gasteiger partial charge is 0.398 e. The zero-order valence-electron chi connectivity index (χ0n) is 10.8. The van der Waals surface area contributed by atoms with Crippen LogP contribution in [-0.2, 0) is 4.74 Å². The topological polar surface area (TPSA) is 64.4 Å². The van der Waals surface area contributed by atoms with E-state index in [4.69, 9.17) is 10.5 Å². The number of nitrogens with two attached hydrogens (primary N) is 1. The molecular formula is C14H19FN2O2. The van der Waals surface area contributed by atoms with Crippen LogP contribution in [-0.4, -0.2) is 25.7 Å². The van der Waals surface area contributed by atoms with Gasteiger partial charge >= 0.3 is 0 Å². The Morgan fingerprint density at radius 3 is 3.00 bits per heavy atom. The quantitative estimate of drug-likeness (QED) is 0.585. The average molecular weight is 266 g/mol. The van der Waals surface area contributed by atoms with Gasteiger partial charge in [0.15, 0.2) is 0 Å². The first-order chi connectivity index (χ1) is 9.16. The summed E-state index contributed by atoms with van der Waals surface area (Å²) in [6, 6.07) is 3.77. The average Bonchev–Trinajstić information content (AvgIpc) is 3.20. The van der Waals surface area contributed by atoms with Gasteiger partial charge in [0, 0.05) is 25.4 Å². The molecule has 1 fully saturated rings. The van der Waals surface area contributed by atoms with Crippen LogP contribution in [0.1, 0.15) is 29.6 Å². The standard InChI is InChI=1S/C14H19FN2O2/c15-11-4-5-13(16)12(8-11)14(18)17-6-1-7-19-9-10-2-3-10/h4-5,8,10H,1-3,6-7,9,16H2,(H,17,18). The molecule has 0 heterocycles. The highest BCUT2D eigenvalue weighted by atomic mass is 19.1. The molecule has 0 bridgehead atoms. The molecule has 1 aromatic rings. The molecule has 5 heteroatoms. The first kappa shape index (κ1) is 13.8. The number of halogens is 1. The predicted octanol–water partition coefficient (Wildman–Crippen LogP) is 1.95. The van der Waals surface area contributed by atoms with Gasteiger partial charge in [0.25, 0.3) is 5.91 Å². The Balaban J connectivity index is 1.66. The molecule has 0 saturated heterocycles. The van der Waals surface area contributed by atoms with Crippen molar-refractivity contribution in [3.8, 4) is 0 Å². The van der Waals surface area contributed by atoms with Crippen LogP contribution < -0.4 is 11.1 Å². The lowest BCUT2D eigenvalue weighted by Crippen LogP contribution is -2.26. The molecule has 1 aromatic carbocycles. The number of carbonyl (C=O) groups excluding carboxylic acids is 1. The summed E-state index contributed by atoms with van der Waals surface area (Å²) in [7, 11) is 0. The van der Waals surface area contributed by atoms with Gasteiger partial charge in [0.1, 0.15) is 5.82 Å². The normalized spacial score (nSPS) is 14.4. The summed E-state index contributed by atoms with van der Waals surface area (Å²) < 4.78 is 18.5. The third kappa shape index (κ3) is 4.52. The molecule has 4 nitrogen and oxygen atoms in total. The number of hydrogen-bond acceptors (Lipinski definition) is 3. The van der Waals surface area contributed by atoms with Crippen LogP contribution >= 0.6 is 0 Å². The first-order valence-corrected chi connectivity index (χ1v) is 6.58. The monoisotopic (exact) mass is 266 g/mol. The molecular weight excluding hydrogens is 247 g/mol. The van der Waals surface area contributed by atoms with E-state index >= 15 is 0 Å². The second kappa shape index (κ2) is 6.52. The SMILES string of the molecule is Nc1ccc(F)cc1C(=O)NCCCOCC1CC1. The Labute approximate surface area is 112 Å². The second-order valence-electron chi connectivity index (χ2n) is 4.86. The molecule has 1 saturated carbocycles. The Morgan fingerprint density at radius 1 is 1.47 bits per heavy atom. The molecule has 3 N–H and O–H groups in total. The molecule has 0 aromatic heterocycles. The summed E-state index contributed by atoms with van der Waals surface area (Å²) in [4.78, 5) is 11.8. The number of amides is 1. The van der Waals surface area contributed by atoms with Crippen molar-refractivity contribution in [1.82, 2.24) is 5.32 Å². The number of rotatable bonds is 7. The summed E-state index contributed by atoms with van der Waals surface area (Å²) in [5.74, 6) is -0.0620. The van der Waals surface area contributed by atoms with E-state index in [-0.39, 0.29) is 17.2 Å². The fourth-order valence-electron chi connectivity index (χ4n) is 1.73. The van der Waals surface area contributed by atoms with Crippen molar-refractivity contribution in [2.45, 2.75) is 19.3 Å². The van der Waals surface area contributed by atoms with E-state index < -0.39 is 5.82 Å². The first-order valence-electron chi connectivity index (χ1n) is 6.58. The maximum Gasteiger partial charge on any atom is 0.253 e. The smallest absolute Gasteiger partial charge is 0.253 e. The molecule has 1 aliphatic rings. The number of ether oxygens (including phenoxy) is 1. The minimum Gasteiger partial charge on any atom is -0.398 e. The van der Waals surface area contributed by atoms with Crippen LogP contribution in [0.25, 0.3) is 0 Å². The van der Waals surface area contributed by atoms with E-state index in [1.165, 1.54) is 25.0 Å². The van der Waals surface area contributed by atoms with E-state index in [2.05, 4.69) is 5.32 Å². The third-order valence-electron chi connectivity index (χ3n) is 3.06. The second-order valence-corrected chi connectivity index (χ2v) is 4.86. The number of nitrogen functional groups attached to an aromatic ring is 1. The number of benzene rings is 1. The van der Waals surface area contributed by atoms with Gasteiger partial charge in [-0.2, -0.15) is 0 Å². The maximum absolute atomic E-state index is 13.0. The van der Waals surface area contributed by atoms with Gasteiger partial charge in [0.2, 0.25) is 0 Å². The Kier molecular flexibility index (Phi) is 4.74. The lowest BCUT2D eigenvalue weighted by Gasteiger charge is -2.08. The molecule has 104 valence electrons. The van der Waals surface area contributed by atoms with Crippen LogP contribution in [0.15, 0.2) is 18.2 Å². The molecule has 0 aliphatic heterocycles. The van der Waals surface area contributed by atoms with Gasteiger partial charge in [-0.25, -0.2) is 4.39 Å². The number of carbonyl (C=O) groups is 1. The van der Waals surface area contributed by atoms with Crippen molar-refractivity contribution in [3.63, 3.8) is 0 Å². The number of nitrogens with one attached hydrogen (secondary N) is 1. The highest BCUT2D eigenvalue weighted by molar-refractivity contribution is 5.99. The van der Waals surface area contributed by atoms with Crippen LogP contribution in [0.4, 0.5) is 10.1 Å². The maximum atomic E-state index is 13.0. The van der Waals surface area contributed by atoms with E-state index in [0.29, 0.717) is 13.2 Å². The zero-order chi connectivity index (χ0) is 13.7. The fourth-order valence-corrected chi connectivity index (χ4v) is 1.73. The summed E-state index contributed by atoms with van der Waals surface area (Å²) >= 11 is 0. The molecule has 1 amide bonds.